The molecule has 0 aliphatic carbocycles. The largest absolute Gasteiger partial charge is 0.398 e. The van der Waals surface area contributed by atoms with Gasteiger partial charge in [-0.3, -0.25) is 0 Å². The number of dihydropyridines is 1. The highest BCUT2D eigenvalue weighted by Crippen LogP contribution is 2.10. The highest BCUT2D eigenvalue weighted by atomic mass is 15.1. The van der Waals surface area contributed by atoms with Crippen LogP contribution in [0.15, 0.2) is 24.0 Å². The van der Waals surface area contributed by atoms with E-state index in [0.717, 1.165) is 13.0 Å². The van der Waals surface area contributed by atoms with Crippen molar-refractivity contribution >= 4 is 0 Å². The monoisotopic (exact) mass is 182 g/mol. The highest BCUT2D eigenvalue weighted by Gasteiger charge is 2.21. The molecule has 13 heavy (non-hydrogen) atoms. The van der Waals surface area contributed by atoms with Gasteiger partial charge in [-0.15, -0.1) is 0 Å². The van der Waals surface area contributed by atoms with Crippen molar-refractivity contribution < 1.29 is 0 Å². The van der Waals surface area contributed by atoms with Crippen LogP contribution in [0.4, 0.5) is 0 Å². The van der Waals surface area contributed by atoms with Crippen molar-refractivity contribution in [3.63, 3.8) is 0 Å². The van der Waals surface area contributed by atoms with Crippen LogP contribution >= 0.6 is 0 Å². The maximum atomic E-state index is 6.04. The lowest BCUT2D eigenvalue weighted by Gasteiger charge is -2.30. The van der Waals surface area contributed by atoms with Crippen molar-refractivity contribution in [2.75, 3.05) is 20.6 Å². The van der Waals surface area contributed by atoms with Crippen molar-refractivity contribution in [3.05, 3.63) is 24.0 Å². The Morgan fingerprint density at radius 1 is 1.54 bits per heavy atom. The molecule has 74 valence electrons. The van der Waals surface area contributed by atoms with Gasteiger partial charge in [-0.1, -0.05) is 0 Å². The van der Waals surface area contributed by atoms with E-state index in [2.05, 4.69) is 10.2 Å². The first-order valence-electron chi connectivity index (χ1n) is 4.38. The van der Waals surface area contributed by atoms with Crippen LogP contribution in [0.25, 0.3) is 0 Å². The fourth-order valence-electron chi connectivity index (χ4n) is 1.12. The SMILES string of the molecule is CN(C)CCC1(N)C=CC(N)=CN1. The lowest BCUT2D eigenvalue weighted by Crippen LogP contribution is -2.52. The molecule has 0 bridgehead atoms. The molecule has 0 amide bonds. The van der Waals surface area contributed by atoms with Crippen LogP contribution in [0.3, 0.4) is 0 Å². The van der Waals surface area contributed by atoms with Crippen LogP contribution in [-0.2, 0) is 0 Å². The molecule has 0 fully saturated rings. The second-order valence-corrected chi connectivity index (χ2v) is 3.72. The zero-order valence-electron chi connectivity index (χ0n) is 8.25. The first-order valence-corrected chi connectivity index (χ1v) is 4.38. The Hall–Kier alpha value is -1.00. The molecule has 1 atom stereocenters. The molecule has 1 aliphatic heterocycles. The predicted octanol–water partition coefficient (Wildman–Crippen LogP) is -0.447. The molecular formula is C9H18N4. The third-order valence-corrected chi connectivity index (χ3v) is 2.05. The van der Waals surface area contributed by atoms with Gasteiger partial charge in [0.1, 0.15) is 5.66 Å². The minimum atomic E-state index is -0.437. The molecule has 1 aliphatic rings. The van der Waals surface area contributed by atoms with Crippen LogP contribution in [-0.4, -0.2) is 31.2 Å². The summed E-state index contributed by atoms with van der Waals surface area (Å²) < 4.78 is 0. The number of nitrogens with two attached hydrogens (primary N) is 2. The molecule has 0 radical (unpaired) electrons. The molecule has 1 heterocycles. The molecule has 1 rings (SSSR count). The van der Waals surface area contributed by atoms with E-state index in [1.807, 2.05) is 26.2 Å². The summed E-state index contributed by atoms with van der Waals surface area (Å²) >= 11 is 0. The van der Waals surface area contributed by atoms with E-state index < -0.39 is 5.66 Å². The van der Waals surface area contributed by atoms with Gasteiger partial charge in [0.2, 0.25) is 0 Å². The van der Waals surface area contributed by atoms with Crippen molar-refractivity contribution in [1.82, 2.24) is 10.2 Å². The summed E-state index contributed by atoms with van der Waals surface area (Å²) in [5.74, 6) is 0. The van der Waals surface area contributed by atoms with Gasteiger partial charge in [0, 0.05) is 24.9 Å². The summed E-state index contributed by atoms with van der Waals surface area (Å²) in [5.41, 5.74) is 11.9. The Morgan fingerprint density at radius 3 is 2.69 bits per heavy atom. The van der Waals surface area contributed by atoms with Crippen molar-refractivity contribution in [3.8, 4) is 0 Å². The minimum Gasteiger partial charge on any atom is -0.398 e. The first-order chi connectivity index (χ1) is 6.02. The van der Waals surface area contributed by atoms with Gasteiger partial charge in [0.25, 0.3) is 0 Å². The van der Waals surface area contributed by atoms with Crippen LogP contribution in [0.2, 0.25) is 0 Å². The quantitative estimate of drug-likeness (QED) is 0.553. The number of allylic oxidation sites excluding steroid dienone is 1. The Labute approximate surface area is 79.3 Å². The number of nitrogens with one attached hydrogen (secondary N) is 1. The zero-order chi connectivity index (χ0) is 9.90. The molecule has 0 aromatic rings. The summed E-state index contributed by atoms with van der Waals surface area (Å²) in [6.45, 7) is 0.946. The Balaban J connectivity index is 2.46. The van der Waals surface area contributed by atoms with Gasteiger partial charge in [-0.2, -0.15) is 0 Å². The molecule has 5 N–H and O–H groups in total. The van der Waals surface area contributed by atoms with Crippen molar-refractivity contribution in [2.45, 2.75) is 12.1 Å². The van der Waals surface area contributed by atoms with Gasteiger partial charge in [-0.25, -0.2) is 0 Å². The Kier molecular flexibility index (Phi) is 2.95. The summed E-state index contributed by atoms with van der Waals surface area (Å²) in [5, 5.41) is 3.08. The number of nitrogens with zero attached hydrogens (tertiary/aromatic N) is 1. The van der Waals surface area contributed by atoms with E-state index in [9.17, 15) is 0 Å². The van der Waals surface area contributed by atoms with Crippen LogP contribution < -0.4 is 16.8 Å². The second kappa shape index (κ2) is 3.81. The van der Waals surface area contributed by atoms with Crippen LogP contribution in [0.1, 0.15) is 6.42 Å². The summed E-state index contributed by atoms with van der Waals surface area (Å²) in [7, 11) is 4.06. The van der Waals surface area contributed by atoms with Gasteiger partial charge < -0.3 is 21.7 Å². The topological polar surface area (TPSA) is 67.3 Å². The summed E-state index contributed by atoms with van der Waals surface area (Å²) in [6, 6.07) is 0. The van der Waals surface area contributed by atoms with Crippen molar-refractivity contribution in [2.24, 2.45) is 11.5 Å². The summed E-state index contributed by atoms with van der Waals surface area (Å²) in [4.78, 5) is 2.10. The molecule has 4 nitrogen and oxygen atoms in total. The van der Waals surface area contributed by atoms with E-state index >= 15 is 0 Å². The first kappa shape index (κ1) is 10.1. The molecule has 4 heteroatoms. The molecule has 0 saturated heterocycles. The molecular weight excluding hydrogens is 164 g/mol. The molecule has 0 aromatic heterocycles. The maximum absolute atomic E-state index is 6.04. The van der Waals surface area contributed by atoms with Crippen molar-refractivity contribution in [1.29, 1.82) is 0 Å². The van der Waals surface area contributed by atoms with Crippen LogP contribution in [0, 0.1) is 0 Å². The lowest BCUT2D eigenvalue weighted by atomic mass is 10.0. The Morgan fingerprint density at radius 2 is 2.23 bits per heavy atom. The number of rotatable bonds is 3. The third kappa shape index (κ3) is 3.08. The van der Waals surface area contributed by atoms with E-state index in [-0.39, 0.29) is 0 Å². The summed E-state index contributed by atoms with van der Waals surface area (Å²) in [6.07, 6.45) is 6.36. The Bertz CT molecular complexity index is 232. The maximum Gasteiger partial charge on any atom is 0.106 e. The van der Waals surface area contributed by atoms with Gasteiger partial charge in [0.05, 0.1) is 0 Å². The van der Waals surface area contributed by atoms with E-state index in [4.69, 9.17) is 11.5 Å². The fourth-order valence-corrected chi connectivity index (χ4v) is 1.12. The fraction of sp³-hybridized carbons (Fsp3) is 0.556. The molecule has 0 spiro atoms. The van der Waals surface area contributed by atoms with Gasteiger partial charge in [-0.05, 0) is 26.2 Å². The lowest BCUT2D eigenvalue weighted by molar-refractivity contribution is 0.330. The van der Waals surface area contributed by atoms with Gasteiger partial charge in [0.15, 0.2) is 0 Å². The normalized spacial score (nSPS) is 27.2. The van der Waals surface area contributed by atoms with E-state index in [1.165, 1.54) is 0 Å². The standard InChI is InChI=1S/C9H18N4/c1-13(2)6-5-9(11)4-3-8(10)7-12-9/h3-4,7,12H,5-6,10-11H2,1-2H3. The van der Waals surface area contributed by atoms with E-state index in [0.29, 0.717) is 5.70 Å². The minimum absolute atomic E-state index is 0.437. The molecule has 0 aromatic carbocycles. The predicted molar refractivity (Wildman–Crippen MR) is 54.6 cm³/mol. The average molecular weight is 182 g/mol. The highest BCUT2D eigenvalue weighted by molar-refractivity contribution is 5.24. The number of hydrogen-bond acceptors (Lipinski definition) is 4. The molecule has 1 unspecified atom stereocenters. The third-order valence-electron chi connectivity index (χ3n) is 2.05. The number of hydrogen-bond donors (Lipinski definition) is 3. The second-order valence-electron chi connectivity index (χ2n) is 3.72. The smallest absolute Gasteiger partial charge is 0.106 e. The van der Waals surface area contributed by atoms with Gasteiger partial charge >= 0.3 is 0 Å². The van der Waals surface area contributed by atoms with E-state index in [1.54, 1.807) is 6.20 Å². The molecule has 0 saturated carbocycles. The van der Waals surface area contributed by atoms with Crippen LogP contribution in [0.5, 0.6) is 0 Å². The zero-order valence-corrected chi connectivity index (χ0v) is 8.25. The average Bonchev–Trinajstić information content (AvgIpc) is 2.08.